The molecule has 1 saturated heterocycles. The number of amides is 1. The first-order valence-electron chi connectivity index (χ1n) is 6.44. The number of morpholine rings is 1. The SMILES string of the molecule is Cc1ccc(Cl)c(S(=O)(=O)N2CCO[C@H](C)[C@H]2C(N)=O)c1. The van der Waals surface area contributed by atoms with E-state index in [1.807, 2.05) is 0 Å². The van der Waals surface area contributed by atoms with Gasteiger partial charge in [-0.25, -0.2) is 8.42 Å². The van der Waals surface area contributed by atoms with Crippen molar-refractivity contribution in [2.24, 2.45) is 5.73 Å². The average molecular weight is 333 g/mol. The number of nitrogens with zero attached hydrogens (tertiary/aromatic N) is 1. The van der Waals surface area contributed by atoms with Gasteiger partial charge in [-0.2, -0.15) is 4.31 Å². The van der Waals surface area contributed by atoms with Gasteiger partial charge in [0, 0.05) is 6.54 Å². The van der Waals surface area contributed by atoms with Gasteiger partial charge in [-0.15, -0.1) is 0 Å². The second kappa shape index (κ2) is 5.92. The maximum atomic E-state index is 12.8. The van der Waals surface area contributed by atoms with Crippen molar-refractivity contribution >= 4 is 27.5 Å². The van der Waals surface area contributed by atoms with Crippen molar-refractivity contribution in [3.8, 4) is 0 Å². The number of sulfonamides is 1. The van der Waals surface area contributed by atoms with E-state index in [1.165, 1.54) is 12.1 Å². The number of benzene rings is 1. The van der Waals surface area contributed by atoms with Crippen LogP contribution in [-0.2, 0) is 19.6 Å². The van der Waals surface area contributed by atoms with Gasteiger partial charge < -0.3 is 10.5 Å². The van der Waals surface area contributed by atoms with Crippen LogP contribution in [0.2, 0.25) is 5.02 Å². The predicted molar refractivity (Wildman–Crippen MR) is 78.5 cm³/mol. The van der Waals surface area contributed by atoms with Crippen molar-refractivity contribution in [3.63, 3.8) is 0 Å². The molecule has 0 spiro atoms. The summed E-state index contributed by atoms with van der Waals surface area (Å²) in [5.74, 6) is -0.741. The van der Waals surface area contributed by atoms with Crippen LogP contribution in [0, 0.1) is 6.92 Å². The Hall–Kier alpha value is -1.15. The smallest absolute Gasteiger partial charge is 0.245 e. The van der Waals surface area contributed by atoms with E-state index >= 15 is 0 Å². The van der Waals surface area contributed by atoms with Gasteiger partial charge in [-0.05, 0) is 31.5 Å². The number of rotatable bonds is 3. The van der Waals surface area contributed by atoms with Crippen LogP contribution in [0.3, 0.4) is 0 Å². The van der Waals surface area contributed by atoms with Gasteiger partial charge in [-0.3, -0.25) is 4.79 Å². The Bertz CT molecular complexity index is 662. The third kappa shape index (κ3) is 3.06. The van der Waals surface area contributed by atoms with E-state index in [9.17, 15) is 13.2 Å². The van der Waals surface area contributed by atoms with E-state index in [2.05, 4.69) is 0 Å². The minimum Gasteiger partial charge on any atom is -0.375 e. The monoisotopic (exact) mass is 332 g/mol. The van der Waals surface area contributed by atoms with E-state index in [-0.39, 0.29) is 23.1 Å². The summed E-state index contributed by atoms with van der Waals surface area (Å²) in [5, 5.41) is 0.114. The lowest BCUT2D eigenvalue weighted by Gasteiger charge is -2.36. The number of carbonyl (C=O) groups excluding carboxylic acids is 1. The van der Waals surface area contributed by atoms with Crippen LogP contribution in [-0.4, -0.2) is 43.9 Å². The molecule has 2 rings (SSSR count). The molecule has 0 unspecified atom stereocenters. The van der Waals surface area contributed by atoms with Gasteiger partial charge in [-0.1, -0.05) is 17.7 Å². The van der Waals surface area contributed by atoms with Gasteiger partial charge in [0.05, 0.1) is 17.7 Å². The predicted octanol–water partition coefficient (Wildman–Crippen LogP) is 0.912. The van der Waals surface area contributed by atoms with Gasteiger partial charge in [0.2, 0.25) is 15.9 Å². The molecule has 1 aliphatic rings. The van der Waals surface area contributed by atoms with E-state index in [4.69, 9.17) is 22.1 Å². The normalized spacial score (nSPS) is 24.0. The Morgan fingerprint density at radius 1 is 1.48 bits per heavy atom. The second-order valence-corrected chi connectivity index (χ2v) is 7.24. The largest absolute Gasteiger partial charge is 0.375 e. The highest BCUT2D eigenvalue weighted by molar-refractivity contribution is 7.89. The zero-order valence-electron chi connectivity index (χ0n) is 11.7. The highest BCUT2D eigenvalue weighted by atomic mass is 35.5. The fourth-order valence-corrected chi connectivity index (χ4v) is 4.57. The molecule has 2 atom stereocenters. The number of primary amides is 1. The number of hydrogen-bond acceptors (Lipinski definition) is 4. The number of nitrogens with two attached hydrogens (primary N) is 1. The highest BCUT2D eigenvalue weighted by Gasteiger charge is 2.42. The molecule has 1 heterocycles. The van der Waals surface area contributed by atoms with Crippen LogP contribution < -0.4 is 5.73 Å². The van der Waals surface area contributed by atoms with Crippen molar-refractivity contribution < 1.29 is 17.9 Å². The van der Waals surface area contributed by atoms with Crippen molar-refractivity contribution in [1.82, 2.24) is 4.31 Å². The first kappa shape index (κ1) is 16.2. The van der Waals surface area contributed by atoms with Crippen molar-refractivity contribution in [2.75, 3.05) is 13.2 Å². The maximum Gasteiger partial charge on any atom is 0.245 e. The Kier molecular flexibility index (Phi) is 4.57. The number of ether oxygens (including phenoxy) is 1. The van der Waals surface area contributed by atoms with Crippen LogP contribution in [0.1, 0.15) is 12.5 Å². The summed E-state index contributed by atoms with van der Waals surface area (Å²) in [6.45, 7) is 3.65. The topological polar surface area (TPSA) is 89.7 Å². The molecule has 1 aliphatic heterocycles. The fraction of sp³-hybridized carbons (Fsp3) is 0.462. The standard InChI is InChI=1S/C13H17ClN2O4S/c1-8-3-4-10(14)11(7-8)21(18,19)16-5-6-20-9(2)12(16)13(15)17/h3-4,7,9,12H,5-6H2,1-2H3,(H2,15,17)/t9-,12+/m1/s1. The summed E-state index contributed by atoms with van der Waals surface area (Å²) in [5.41, 5.74) is 6.09. The molecule has 1 aromatic rings. The van der Waals surface area contributed by atoms with Crippen LogP contribution in [0.5, 0.6) is 0 Å². The molecule has 1 aromatic carbocycles. The molecule has 2 N–H and O–H groups in total. The summed E-state index contributed by atoms with van der Waals surface area (Å²) in [6, 6.07) is 3.68. The van der Waals surface area contributed by atoms with E-state index in [0.29, 0.717) is 0 Å². The summed E-state index contributed by atoms with van der Waals surface area (Å²) >= 11 is 6.01. The van der Waals surface area contributed by atoms with Crippen molar-refractivity contribution in [1.29, 1.82) is 0 Å². The first-order valence-corrected chi connectivity index (χ1v) is 8.26. The quantitative estimate of drug-likeness (QED) is 0.891. The van der Waals surface area contributed by atoms with Gasteiger partial charge in [0.25, 0.3) is 0 Å². The maximum absolute atomic E-state index is 12.8. The van der Waals surface area contributed by atoms with Crippen LogP contribution >= 0.6 is 11.6 Å². The van der Waals surface area contributed by atoms with E-state index in [1.54, 1.807) is 19.9 Å². The minimum absolute atomic E-state index is 0.0236. The third-order valence-electron chi connectivity index (χ3n) is 3.41. The molecule has 0 aliphatic carbocycles. The molecular weight excluding hydrogens is 316 g/mol. The molecule has 21 heavy (non-hydrogen) atoms. The number of aryl methyl sites for hydroxylation is 1. The molecule has 1 fully saturated rings. The van der Waals surface area contributed by atoms with Crippen LogP contribution in [0.15, 0.2) is 23.1 Å². The highest BCUT2D eigenvalue weighted by Crippen LogP contribution is 2.29. The van der Waals surface area contributed by atoms with Gasteiger partial charge in [0.1, 0.15) is 10.9 Å². The van der Waals surface area contributed by atoms with Gasteiger partial charge >= 0.3 is 0 Å². The number of carbonyl (C=O) groups is 1. The summed E-state index contributed by atoms with van der Waals surface area (Å²) in [6.07, 6.45) is -0.602. The fourth-order valence-electron chi connectivity index (χ4n) is 2.37. The van der Waals surface area contributed by atoms with Crippen molar-refractivity contribution in [3.05, 3.63) is 28.8 Å². The number of halogens is 1. The lowest BCUT2D eigenvalue weighted by molar-refractivity contribution is -0.130. The molecule has 0 aromatic heterocycles. The lowest BCUT2D eigenvalue weighted by atomic mass is 10.1. The van der Waals surface area contributed by atoms with E-state index < -0.39 is 28.1 Å². The third-order valence-corrected chi connectivity index (χ3v) is 5.77. The summed E-state index contributed by atoms with van der Waals surface area (Å²) in [4.78, 5) is 11.6. The average Bonchev–Trinajstić information content (AvgIpc) is 2.40. The van der Waals surface area contributed by atoms with Crippen LogP contribution in [0.25, 0.3) is 0 Å². The Morgan fingerprint density at radius 2 is 2.14 bits per heavy atom. The van der Waals surface area contributed by atoms with Crippen LogP contribution in [0.4, 0.5) is 0 Å². The van der Waals surface area contributed by atoms with Gasteiger partial charge in [0.15, 0.2) is 0 Å². The second-order valence-electron chi connectivity index (χ2n) is 4.97. The summed E-state index contributed by atoms with van der Waals surface area (Å²) < 4.78 is 32.0. The summed E-state index contributed by atoms with van der Waals surface area (Å²) in [7, 11) is -3.92. The molecule has 8 heteroatoms. The first-order chi connectivity index (χ1) is 9.75. The molecule has 116 valence electrons. The molecular formula is C13H17ClN2O4S. The molecule has 0 bridgehead atoms. The zero-order valence-corrected chi connectivity index (χ0v) is 13.3. The minimum atomic E-state index is -3.92. The molecule has 0 saturated carbocycles. The molecule has 0 radical (unpaired) electrons. The lowest BCUT2D eigenvalue weighted by Crippen LogP contribution is -2.58. The number of hydrogen-bond donors (Lipinski definition) is 1. The van der Waals surface area contributed by atoms with E-state index in [0.717, 1.165) is 9.87 Å². The Morgan fingerprint density at radius 3 is 2.76 bits per heavy atom. The Balaban J connectivity index is 2.51. The Labute approximate surface area is 128 Å². The molecule has 1 amide bonds. The molecule has 6 nitrogen and oxygen atoms in total. The van der Waals surface area contributed by atoms with Crippen molar-refractivity contribution in [2.45, 2.75) is 30.9 Å². The zero-order chi connectivity index (χ0) is 15.8.